The van der Waals surface area contributed by atoms with Gasteiger partial charge in [0.25, 0.3) is 0 Å². The summed E-state index contributed by atoms with van der Waals surface area (Å²) >= 11 is 0. The molecule has 0 aliphatic heterocycles. The maximum Gasteiger partial charge on any atom is 0.230 e. The summed E-state index contributed by atoms with van der Waals surface area (Å²) in [6.45, 7) is 0. The fraction of sp³-hybridized carbons (Fsp3) is 0.476. The van der Waals surface area contributed by atoms with Crippen molar-refractivity contribution >= 4 is 11.6 Å². The van der Waals surface area contributed by atoms with E-state index >= 15 is 0 Å². The maximum atomic E-state index is 12.2. The molecule has 0 radical (unpaired) electrons. The number of aromatic nitrogens is 5. The van der Waals surface area contributed by atoms with Gasteiger partial charge in [-0.05, 0) is 55.9 Å². The Bertz CT molecular complexity index is 987. The third-order valence-corrected chi connectivity index (χ3v) is 6.04. The van der Waals surface area contributed by atoms with Gasteiger partial charge in [-0.2, -0.15) is 20.4 Å². The van der Waals surface area contributed by atoms with Crippen LogP contribution in [0.2, 0.25) is 0 Å². The number of nitrogens with one attached hydrogen (secondary N) is 2. The Morgan fingerprint density at radius 1 is 1.10 bits per heavy atom. The molecule has 1 atom stereocenters. The molecule has 3 aromatic rings. The topological polar surface area (TPSA) is 110 Å². The van der Waals surface area contributed by atoms with Gasteiger partial charge in [0.2, 0.25) is 17.6 Å². The summed E-state index contributed by atoms with van der Waals surface area (Å²) in [5.74, 6) is 2.01. The van der Waals surface area contributed by atoms with Crippen LogP contribution in [0.15, 0.2) is 28.8 Å². The second kappa shape index (κ2) is 7.77. The Morgan fingerprint density at radius 3 is 2.72 bits per heavy atom. The minimum Gasteiger partial charge on any atom is -0.339 e. The zero-order chi connectivity index (χ0) is 19.6. The SMILES string of the molecule is O=C(CC1CCCC1)Nc1ccc(-c2noc(C3CCc4n[nH]nc4C3)n2)cc1. The average molecular weight is 392 g/mol. The van der Waals surface area contributed by atoms with Crippen LogP contribution in [0.1, 0.15) is 61.7 Å². The largest absolute Gasteiger partial charge is 0.339 e. The van der Waals surface area contributed by atoms with Crippen LogP contribution in [0.4, 0.5) is 5.69 Å². The summed E-state index contributed by atoms with van der Waals surface area (Å²) < 4.78 is 5.53. The van der Waals surface area contributed by atoms with E-state index in [0.717, 1.165) is 41.9 Å². The minimum absolute atomic E-state index is 0.0935. The van der Waals surface area contributed by atoms with Crippen LogP contribution in [0.5, 0.6) is 0 Å². The molecule has 1 unspecified atom stereocenters. The molecule has 1 fully saturated rings. The number of fused-ring (bicyclic) bond motifs is 1. The second-order valence-electron chi connectivity index (χ2n) is 8.09. The summed E-state index contributed by atoms with van der Waals surface area (Å²) in [7, 11) is 0. The van der Waals surface area contributed by atoms with Crippen molar-refractivity contribution in [1.82, 2.24) is 25.6 Å². The molecule has 2 aromatic heterocycles. The molecule has 8 heteroatoms. The molecule has 29 heavy (non-hydrogen) atoms. The number of carbonyl (C=O) groups excluding carboxylic acids is 1. The maximum absolute atomic E-state index is 12.2. The molecule has 5 rings (SSSR count). The first-order valence-electron chi connectivity index (χ1n) is 10.4. The van der Waals surface area contributed by atoms with Gasteiger partial charge in [0.1, 0.15) is 0 Å². The van der Waals surface area contributed by atoms with E-state index in [2.05, 4.69) is 30.9 Å². The number of aryl methyl sites for hydroxylation is 1. The molecule has 2 aliphatic carbocycles. The molecule has 1 aromatic carbocycles. The Hall–Kier alpha value is -3.03. The normalized spacial score (nSPS) is 19.2. The molecule has 150 valence electrons. The molecule has 2 N–H and O–H groups in total. The molecule has 0 saturated heterocycles. The molecule has 1 saturated carbocycles. The number of hydrogen-bond donors (Lipinski definition) is 2. The fourth-order valence-electron chi connectivity index (χ4n) is 4.41. The summed E-state index contributed by atoms with van der Waals surface area (Å²) in [6, 6.07) is 7.60. The van der Waals surface area contributed by atoms with E-state index in [9.17, 15) is 4.79 Å². The molecule has 2 aliphatic rings. The Labute approximate surface area is 168 Å². The van der Waals surface area contributed by atoms with Gasteiger partial charge in [-0.3, -0.25) is 4.79 Å². The summed E-state index contributed by atoms with van der Waals surface area (Å²) in [5, 5.41) is 18.2. The van der Waals surface area contributed by atoms with Gasteiger partial charge in [0.05, 0.1) is 11.4 Å². The van der Waals surface area contributed by atoms with E-state index in [1.807, 2.05) is 24.3 Å². The Kier molecular flexibility index (Phi) is 4.83. The zero-order valence-electron chi connectivity index (χ0n) is 16.2. The highest BCUT2D eigenvalue weighted by atomic mass is 16.5. The number of anilines is 1. The van der Waals surface area contributed by atoms with Crippen molar-refractivity contribution in [2.24, 2.45) is 5.92 Å². The summed E-state index contributed by atoms with van der Waals surface area (Å²) in [6.07, 6.45) is 8.01. The molecule has 0 bridgehead atoms. The van der Waals surface area contributed by atoms with Gasteiger partial charge in [0, 0.05) is 30.0 Å². The monoisotopic (exact) mass is 392 g/mol. The van der Waals surface area contributed by atoms with Crippen LogP contribution < -0.4 is 5.32 Å². The van der Waals surface area contributed by atoms with Crippen molar-refractivity contribution in [1.29, 1.82) is 0 Å². The number of rotatable bonds is 5. The van der Waals surface area contributed by atoms with Crippen LogP contribution >= 0.6 is 0 Å². The number of aromatic amines is 1. The molecular formula is C21H24N6O2. The number of hydrogen-bond acceptors (Lipinski definition) is 6. The van der Waals surface area contributed by atoms with E-state index in [-0.39, 0.29) is 11.8 Å². The van der Waals surface area contributed by atoms with E-state index in [0.29, 0.717) is 24.1 Å². The van der Waals surface area contributed by atoms with Crippen molar-refractivity contribution in [3.05, 3.63) is 41.5 Å². The highest BCUT2D eigenvalue weighted by Crippen LogP contribution is 2.31. The van der Waals surface area contributed by atoms with Crippen molar-refractivity contribution in [2.75, 3.05) is 5.32 Å². The standard InChI is InChI=1S/C21H24N6O2/c28-19(11-13-3-1-2-4-13)22-16-8-5-14(6-9-16)20-23-21(29-26-20)15-7-10-17-18(12-15)25-27-24-17/h5-6,8-9,13,15H,1-4,7,10-12H2,(H,22,28)(H,24,25,27). The van der Waals surface area contributed by atoms with Crippen LogP contribution in [-0.4, -0.2) is 31.5 Å². The second-order valence-corrected chi connectivity index (χ2v) is 8.09. The van der Waals surface area contributed by atoms with Crippen LogP contribution in [0.3, 0.4) is 0 Å². The lowest BCUT2D eigenvalue weighted by molar-refractivity contribution is -0.117. The predicted molar refractivity (Wildman–Crippen MR) is 106 cm³/mol. The van der Waals surface area contributed by atoms with Crippen LogP contribution in [0.25, 0.3) is 11.4 Å². The Balaban J connectivity index is 1.22. The van der Waals surface area contributed by atoms with Crippen LogP contribution in [0, 0.1) is 5.92 Å². The van der Waals surface area contributed by atoms with Gasteiger partial charge in [0.15, 0.2) is 0 Å². The molecule has 0 spiro atoms. The Morgan fingerprint density at radius 2 is 1.90 bits per heavy atom. The average Bonchev–Trinajstić information content (AvgIpc) is 3.49. The van der Waals surface area contributed by atoms with Crippen molar-refractivity contribution < 1.29 is 9.32 Å². The van der Waals surface area contributed by atoms with E-state index in [4.69, 9.17) is 4.52 Å². The van der Waals surface area contributed by atoms with Crippen LogP contribution in [-0.2, 0) is 17.6 Å². The fourth-order valence-corrected chi connectivity index (χ4v) is 4.41. The number of H-pyrrole nitrogens is 1. The van der Waals surface area contributed by atoms with Crippen molar-refractivity contribution in [3.8, 4) is 11.4 Å². The molecule has 8 nitrogen and oxygen atoms in total. The lowest BCUT2D eigenvalue weighted by atomic mass is 9.90. The van der Waals surface area contributed by atoms with E-state index in [1.165, 1.54) is 25.7 Å². The summed E-state index contributed by atoms with van der Waals surface area (Å²) in [5.41, 5.74) is 3.68. The highest BCUT2D eigenvalue weighted by Gasteiger charge is 2.27. The van der Waals surface area contributed by atoms with Gasteiger partial charge in [-0.25, -0.2) is 0 Å². The lowest BCUT2D eigenvalue weighted by Crippen LogP contribution is -2.15. The van der Waals surface area contributed by atoms with E-state index < -0.39 is 0 Å². The quantitative estimate of drug-likeness (QED) is 0.686. The first kappa shape index (κ1) is 18.0. The van der Waals surface area contributed by atoms with E-state index in [1.54, 1.807) is 0 Å². The molecule has 1 amide bonds. The zero-order valence-corrected chi connectivity index (χ0v) is 16.2. The number of benzene rings is 1. The molecular weight excluding hydrogens is 368 g/mol. The van der Waals surface area contributed by atoms with Gasteiger partial charge in [-0.1, -0.05) is 18.0 Å². The van der Waals surface area contributed by atoms with Gasteiger partial charge >= 0.3 is 0 Å². The third-order valence-electron chi connectivity index (χ3n) is 6.04. The summed E-state index contributed by atoms with van der Waals surface area (Å²) in [4.78, 5) is 16.8. The van der Waals surface area contributed by atoms with Crippen molar-refractivity contribution in [3.63, 3.8) is 0 Å². The number of nitrogens with zero attached hydrogens (tertiary/aromatic N) is 4. The predicted octanol–water partition coefficient (Wildman–Crippen LogP) is 3.65. The smallest absolute Gasteiger partial charge is 0.230 e. The molecule has 2 heterocycles. The minimum atomic E-state index is 0.0935. The first-order valence-corrected chi connectivity index (χ1v) is 10.4. The number of amides is 1. The highest BCUT2D eigenvalue weighted by molar-refractivity contribution is 5.91. The van der Waals surface area contributed by atoms with Gasteiger partial charge < -0.3 is 9.84 Å². The number of carbonyl (C=O) groups is 1. The van der Waals surface area contributed by atoms with Crippen molar-refractivity contribution in [2.45, 2.75) is 57.3 Å². The third kappa shape index (κ3) is 3.92. The van der Waals surface area contributed by atoms with Gasteiger partial charge in [-0.15, -0.1) is 0 Å². The first-order chi connectivity index (χ1) is 14.2. The lowest BCUT2D eigenvalue weighted by Gasteiger charge is -2.15.